The van der Waals surface area contributed by atoms with E-state index in [0.717, 1.165) is 12.8 Å². The van der Waals surface area contributed by atoms with Crippen molar-refractivity contribution >= 4 is 18.0 Å². The quantitative estimate of drug-likeness (QED) is 0.333. The van der Waals surface area contributed by atoms with E-state index < -0.39 is 5.97 Å². The van der Waals surface area contributed by atoms with Crippen molar-refractivity contribution in [2.24, 2.45) is 0 Å². The lowest BCUT2D eigenvalue weighted by Gasteiger charge is -2.10. The van der Waals surface area contributed by atoms with Crippen LogP contribution in [0.2, 0.25) is 0 Å². The van der Waals surface area contributed by atoms with Gasteiger partial charge >= 0.3 is 11.9 Å². The fraction of sp³-hybridized carbons (Fsp3) is 0.353. The Kier molecular flexibility index (Phi) is 7.34. The van der Waals surface area contributed by atoms with E-state index in [9.17, 15) is 9.59 Å². The second-order valence-electron chi connectivity index (χ2n) is 4.65. The largest absolute Gasteiger partial charge is 0.493 e. The molecule has 0 aliphatic rings. The van der Waals surface area contributed by atoms with Crippen LogP contribution in [-0.2, 0) is 14.3 Å². The maximum Gasteiger partial charge on any atom is 0.348 e. The minimum Gasteiger partial charge on any atom is -0.493 e. The molecule has 0 N–H and O–H groups in total. The fourth-order valence-corrected chi connectivity index (χ4v) is 1.77. The lowest BCUT2D eigenvalue weighted by atomic mass is 10.1. The van der Waals surface area contributed by atoms with Gasteiger partial charge in [-0.2, -0.15) is 5.26 Å². The van der Waals surface area contributed by atoms with Gasteiger partial charge in [0, 0.05) is 6.42 Å². The zero-order valence-electron chi connectivity index (χ0n) is 13.4. The summed E-state index contributed by atoms with van der Waals surface area (Å²) in [7, 11) is 2.64. The van der Waals surface area contributed by atoms with Crippen molar-refractivity contribution < 1.29 is 23.8 Å². The number of nitriles is 1. The molecule has 0 radical (unpaired) electrons. The molecule has 0 amide bonds. The molecule has 0 aromatic heterocycles. The number of hydrogen-bond donors (Lipinski definition) is 0. The second-order valence-corrected chi connectivity index (χ2v) is 4.65. The van der Waals surface area contributed by atoms with Gasteiger partial charge in [0.05, 0.1) is 14.2 Å². The van der Waals surface area contributed by atoms with Crippen molar-refractivity contribution in [3.8, 4) is 17.6 Å². The van der Waals surface area contributed by atoms with Crippen LogP contribution in [0.15, 0.2) is 23.8 Å². The highest BCUT2D eigenvalue weighted by atomic mass is 16.6. The standard InChI is InChI=1S/C17H19NO5/c1-4-5-6-16(19)23-14-8-7-12(10-15(14)21-2)9-13(11-18)17(20)22-3/h7-10H,4-6H2,1-3H3/b13-9-. The zero-order valence-corrected chi connectivity index (χ0v) is 13.4. The Balaban J connectivity index is 3.00. The van der Waals surface area contributed by atoms with Crippen LogP contribution in [-0.4, -0.2) is 26.2 Å². The molecule has 0 aliphatic carbocycles. The van der Waals surface area contributed by atoms with Gasteiger partial charge in [-0.1, -0.05) is 19.4 Å². The topological polar surface area (TPSA) is 85.6 Å². The summed E-state index contributed by atoms with van der Waals surface area (Å²) in [6.07, 6.45) is 3.37. The van der Waals surface area contributed by atoms with Crippen LogP contribution >= 0.6 is 0 Å². The molecule has 6 heteroatoms. The number of ether oxygens (including phenoxy) is 3. The highest BCUT2D eigenvalue weighted by Gasteiger charge is 2.12. The SMILES string of the molecule is CCCCC(=O)Oc1ccc(/C=C(/C#N)C(=O)OC)cc1OC. The van der Waals surface area contributed by atoms with Gasteiger partial charge in [0.1, 0.15) is 11.6 Å². The number of unbranched alkanes of at least 4 members (excludes halogenated alkanes) is 1. The number of esters is 2. The van der Waals surface area contributed by atoms with Gasteiger partial charge in [-0.3, -0.25) is 4.79 Å². The summed E-state index contributed by atoms with van der Waals surface area (Å²) in [6, 6.07) is 6.51. The van der Waals surface area contributed by atoms with E-state index in [1.165, 1.54) is 20.3 Å². The molecule has 0 saturated heterocycles. The van der Waals surface area contributed by atoms with E-state index in [2.05, 4.69) is 4.74 Å². The van der Waals surface area contributed by atoms with Crippen LogP contribution in [0.1, 0.15) is 31.7 Å². The van der Waals surface area contributed by atoms with E-state index in [1.807, 2.05) is 6.92 Å². The van der Waals surface area contributed by atoms with Crippen molar-refractivity contribution in [3.05, 3.63) is 29.3 Å². The molecular weight excluding hydrogens is 298 g/mol. The van der Waals surface area contributed by atoms with Gasteiger partial charge in [0.25, 0.3) is 0 Å². The molecule has 0 fully saturated rings. The minimum atomic E-state index is -0.721. The number of rotatable bonds is 7. The highest BCUT2D eigenvalue weighted by Crippen LogP contribution is 2.29. The van der Waals surface area contributed by atoms with Gasteiger partial charge < -0.3 is 14.2 Å². The molecule has 0 saturated carbocycles. The molecule has 23 heavy (non-hydrogen) atoms. The van der Waals surface area contributed by atoms with E-state index >= 15 is 0 Å². The Bertz CT molecular complexity index is 643. The summed E-state index contributed by atoms with van der Waals surface area (Å²) in [4.78, 5) is 23.1. The predicted molar refractivity (Wildman–Crippen MR) is 83.8 cm³/mol. The number of carbonyl (C=O) groups excluding carboxylic acids is 2. The Labute approximate surface area is 135 Å². The van der Waals surface area contributed by atoms with Crippen molar-refractivity contribution in [1.82, 2.24) is 0 Å². The van der Waals surface area contributed by atoms with Gasteiger partial charge in [-0.25, -0.2) is 4.79 Å². The van der Waals surface area contributed by atoms with Crippen LogP contribution in [0.3, 0.4) is 0 Å². The summed E-state index contributed by atoms with van der Waals surface area (Å²) >= 11 is 0. The molecular formula is C17H19NO5. The van der Waals surface area contributed by atoms with E-state index in [-0.39, 0.29) is 11.5 Å². The van der Waals surface area contributed by atoms with E-state index in [1.54, 1.807) is 24.3 Å². The van der Waals surface area contributed by atoms with Crippen LogP contribution in [0, 0.1) is 11.3 Å². The number of nitrogens with zero attached hydrogens (tertiary/aromatic N) is 1. The van der Waals surface area contributed by atoms with Crippen molar-refractivity contribution in [2.75, 3.05) is 14.2 Å². The van der Waals surface area contributed by atoms with Crippen LogP contribution in [0.25, 0.3) is 6.08 Å². The van der Waals surface area contributed by atoms with Crippen molar-refractivity contribution in [3.63, 3.8) is 0 Å². The normalized spacial score (nSPS) is 10.6. The average Bonchev–Trinajstić information content (AvgIpc) is 2.58. The molecule has 0 spiro atoms. The maximum absolute atomic E-state index is 11.7. The fourth-order valence-electron chi connectivity index (χ4n) is 1.77. The first-order chi connectivity index (χ1) is 11.0. The van der Waals surface area contributed by atoms with Crippen molar-refractivity contribution in [1.29, 1.82) is 5.26 Å². The van der Waals surface area contributed by atoms with Gasteiger partial charge in [-0.05, 0) is 30.2 Å². The molecule has 0 aliphatic heterocycles. The molecule has 0 bridgehead atoms. The van der Waals surface area contributed by atoms with Gasteiger partial charge in [-0.15, -0.1) is 0 Å². The summed E-state index contributed by atoms with van der Waals surface area (Å²) in [5.41, 5.74) is 0.416. The second kappa shape index (κ2) is 9.26. The third-order valence-electron chi connectivity index (χ3n) is 2.98. The van der Waals surface area contributed by atoms with Gasteiger partial charge in [0.2, 0.25) is 0 Å². The molecule has 0 heterocycles. The first-order valence-corrected chi connectivity index (χ1v) is 7.14. The Morgan fingerprint density at radius 3 is 2.57 bits per heavy atom. The molecule has 0 unspecified atom stereocenters. The summed E-state index contributed by atoms with van der Waals surface area (Å²) in [6.45, 7) is 1.99. The summed E-state index contributed by atoms with van der Waals surface area (Å²) in [5.74, 6) is -0.421. The Hall–Kier alpha value is -2.81. The molecule has 1 aromatic carbocycles. The molecule has 1 aromatic rings. The molecule has 122 valence electrons. The first-order valence-electron chi connectivity index (χ1n) is 7.14. The van der Waals surface area contributed by atoms with E-state index in [0.29, 0.717) is 23.5 Å². The average molecular weight is 317 g/mol. The number of hydrogen-bond acceptors (Lipinski definition) is 6. The number of carbonyl (C=O) groups is 2. The third-order valence-corrected chi connectivity index (χ3v) is 2.98. The highest BCUT2D eigenvalue weighted by molar-refractivity contribution is 5.97. The summed E-state index contributed by atoms with van der Waals surface area (Å²) in [5, 5.41) is 8.95. The van der Waals surface area contributed by atoms with E-state index in [4.69, 9.17) is 14.7 Å². The Morgan fingerprint density at radius 1 is 1.26 bits per heavy atom. The summed E-state index contributed by atoms with van der Waals surface area (Å²) < 4.78 is 15.0. The Morgan fingerprint density at radius 2 is 2.00 bits per heavy atom. The predicted octanol–water partition coefficient (Wildman–Crippen LogP) is 2.87. The lowest BCUT2D eigenvalue weighted by Crippen LogP contribution is -2.08. The smallest absolute Gasteiger partial charge is 0.348 e. The number of benzene rings is 1. The maximum atomic E-state index is 11.7. The van der Waals surface area contributed by atoms with Gasteiger partial charge in [0.15, 0.2) is 11.5 Å². The molecule has 0 atom stereocenters. The lowest BCUT2D eigenvalue weighted by molar-refractivity contribution is -0.136. The zero-order chi connectivity index (χ0) is 17.2. The third kappa shape index (κ3) is 5.47. The first kappa shape index (κ1) is 18.2. The number of methoxy groups -OCH3 is 2. The van der Waals surface area contributed by atoms with Crippen LogP contribution in [0.5, 0.6) is 11.5 Å². The monoisotopic (exact) mass is 317 g/mol. The van der Waals surface area contributed by atoms with Crippen LogP contribution < -0.4 is 9.47 Å². The molecule has 1 rings (SSSR count). The van der Waals surface area contributed by atoms with Crippen LogP contribution in [0.4, 0.5) is 0 Å². The molecule has 6 nitrogen and oxygen atoms in total. The minimum absolute atomic E-state index is 0.137. The van der Waals surface area contributed by atoms with Crippen molar-refractivity contribution in [2.45, 2.75) is 26.2 Å².